The Bertz CT molecular complexity index is 271. The Morgan fingerprint density at radius 2 is 2.07 bits per heavy atom. The summed E-state index contributed by atoms with van der Waals surface area (Å²) in [5.74, 6) is 0. The number of nitrogens with zero attached hydrogens (tertiary/aromatic N) is 2. The van der Waals surface area contributed by atoms with E-state index >= 15 is 0 Å². The third-order valence-corrected chi connectivity index (χ3v) is 2.64. The van der Waals surface area contributed by atoms with Gasteiger partial charge in [0.2, 0.25) is 0 Å². The summed E-state index contributed by atoms with van der Waals surface area (Å²) in [6.45, 7) is 8.09. The molecule has 1 rings (SSSR count). The van der Waals surface area contributed by atoms with Crippen molar-refractivity contribution in [2.75, 3.05) is 6.54 Å². The van der Waals surface area contributed by atoms with Crippen LogP contribution in [-0.2, 0) is 6.54 Å². The zero-order valence-electron chi connectivity index (χ0n) is 9.85. The monoisotopic (exact) mass is 207 g/mol. The van der Waals surface area contributed by atoms with Crippen molar-refractivity contribution < 1.29 is 0 Å². The van der Waals surface area contributed by atoms with Crippen LogP contribution in [0.3, 0.4) is 0 Å². The van der Waals surface area contributed by atoms with E-state index < -0.39 is 0 Å². The van der Waals surface area contributed by atoms with Crippen molar-refractivity contribution in [3.05, 3.63) is 30.1 Å². The van der Waals surface area contributed by atoms with E-state index in [-0.39, 0.29) is 0 Å². The standard InChI is InChI=1S/C12H21N3/c1-10(2)15(11(3)8-13)9-12-6-4-5-7-14-12/h4-7,10-11H,8-9,13H2,1-3H3. The predicted molar refractivity (Wildman–Crippen MR) is 63.4 cm³/mol. The lowest BCUT2D eigenvalue weighted by molar-refractivity contribution is 0.157. The van der Waals surface area contributed by atoms with E-state index in [1.807, 2.05) is 18.3 Å². The Morgan fingerprint density at radius 1 is 1.33 bits per heavy atom. The average molecular weight is 207 g/mol. The predicted octanol–water partition coefficient (Wildman–Crippen LogP) is 1.64. The van der Waals surface area contributed by atoms with Crippen LogP contribution in [0.15, 0.2) is 24.4 Å². The minimum absolute atomic E-state index is 0.395. The zero-order chi connectivity index (χ0) is 11.3. The number of nitrogens with two attached hydrogens (primary N) is 1. The van der Waals surface area contributed by atoms with E-state index in [0.717, 1.165) is 12.2 Å². The van der Waals surface area contributed by atoms with Gasteiger partial charge in [0.1, 0.15) is 0 Å². The lowest BCUT2D eigenvalue weighted by Crippen LogP contribution is -2.42. The minimum Gasteiger partial charge on any atom is -0.329 e. The van der Waals surface area contributed by atoms with Crippen molar-refractivity contribution >= 4 is 0 Å². The summed E-state index contributed by atoms with van der Waals surface area (Å²) in [5, 5.41) is 0. The van der Waals surface area contributed by atoms with Gasteiger partial charge in [0.05, 0.1) is 5.69 Å². The highest BCUT2D eigenvalue weighted by atomic mass is 15.2. The van der Waals surface area contributed by atoms with Crippen LogP contribution >= 0.6 is 0 Å². The second-order valence-corrected chi connectivity index (χ2v) is 4.17. The molecule has 1 atom stereocenters. The van der Waals surface area contributed by atoms with Crippen LogP contribution in [-0.4, -0.2) is 28.5 Å². The molecule has 0 saturated heterocycles. The topological polar surface area (TPSA) is 42.2 Å². The van der Waals surface area contributed by atoms with Gasteiger partial charge in [-0.05, 0) is 32.9 Å². The Balaban J connectivity index is 2.67. The number of aromatic nitrogens is 1. The van der Waals surface area contributed by atoms with Crippen molar-refractivity contribution in [3.63, 3.8) is 0 Å². The molecule has 84 valence electrons. The van der Waals surface area contributed by atoms with Gasteiger partial charge in [-0.2, -0.15) is 0 Å². The summed E-state index contributed by atoms with van der Waals surface area (Å²) in [6, 6.07) is 6.90. The highest BCUT2D eigenvalue weighted by molar-refractivity contribution is 5.03. The maximum Gasteiger partial charge on any atom is 0.0544 e. The molecule has 0 aliphatic rings. The second kappa shape index (κ2) is 5.83. The SMILES string of the molecule is CC(C)N(Cc1ccccn1)C(C)CN. The fourth-order valence-corrected chi connectivity index (χ4v) is 1.66. The molecule has 0 saturated carbocycles. The molecule has 0 aromatic carbocycles. The molecule has 0 aliphatic carbocycles. The molecule has 1 aromatic heterocycles. The first-order valence-corrected chi connectivity index (χ1v) is 5.51. The average Bonchev–Trinajstić information content (AvgIpc) is 2.26. The number of hydrogen-bond donors (Lipinski definition) is 1. The van der Waals surface area contributed by atoms with Gasteiger partial charge in [-0.15, -0.1) is 0 Å². The van der Waals surface area contributed by atoms with Gasteiger partial charge in [-0.3, -0.25) is 9.88 Å². The first-order chi connectivity index (χ1) is 7.15. The lowest BCUT2D eigenvalue weighted by Gasteiger charge is -2.31. The van der Waals surface area contributed by atoms with Crippen molar-refractivity contribution in [3.8, 4) is 0 Å². The molecule has 0 amide bonds. The van der Waals surface area contributed by atoms with E-state index in [2.05, 4.69) is 36.7 Å². The Morgan fingerprint density at radius 3 is 2.53 bits per heavy atom. The first-order valence-electron chi connectivity index (χ1n) is 5.51. The molecular weight excluding hydrogens is 186 g/mol. The number of hydrogen-bond acceptors (Lipinski definition) is 3. The van der Waals surface area contributed by atoms with E-state index in [4.69, 9.17) is 5.73 Å². The number of pyridine rings is 1. The molecule has 3 nitrogen and oxygen atoms in total. The molecule has 1 heterocycles. The molecule has 0 fully saturated rings. The fourth-order valence-electron chi connectivity index (χ4n) is 1.66. The smallest absolute Gasteiger partial charge is 0.0544 e. The molecule has 2 N–H and O–H groups in total. The molecule has 0 aliphatic heterocycles. The third kappa shape index (κ3) is 3.61. The molecule has 0 radical (unpaired) electrons. The summed E-state index contributed by atoms with van der Waals surface area (Å²) in [5.41, 5.74) is 6.81. The molecule has 0 bridgehead atoms. The Kier molecular flexibility index (Phi) is 4.72. The van der Waals surface area contributed by atoms with Gasteiger partial charge in [-0.25, -0.2) is 0 Å². The van der Waals surface area contributed by atoms with E-state index in [1.165, 1.54) is 0 Å². The zero-order valence-corrected chi connectivity index (χ0v) is 9.85. The van der Waals surface area contributed by atoms with Gasteiger partial charge in [0.15, 0.2) is 0 Å². The van der Waals surface area contributed by atoms with Crippen molar-refractivity contribution in [2.24, 2.45) is 5.73 Å². The summed E-state index contributed by atoms with van der Waals surface area (Å²) in [6.07, 6.45) is 1.83. The normalized spacial score (nSPS) is 13.5. The fraction of sp³-hybridized carbons (Fsp3) is 0.583. The van der Waals surface area contributed by atoms with Crippen LogP contribution in [0, 0.1) is 0 Å². The second-order valence-electron chi connectivity index (χ2n) is 4.17. The van der Waals surface area contributed by atoms with Crippen LogP contribution in [0.5, 0.6) is 0 Å². The van der Waals surface area contributed by atoms with Crippen molar-refractivity contribution in [1.29, 1.82) is 0 Å². The van der Waals surface area contributed by atoms with Gasteiger partial charge in [0.25, 0.3) is 0 Å². The van der Waals surface area contributed by atoms with Crippen LogP contribution in [0.2, 0.25) is 0 Å². The first kappa shape index (κ1) is 12.1. The molecule has 1 unspecified atom stereocenters. The van der Waals surface area contributed by atoms with Gasteiger partial charge >= 0.3 is 0 Å². The Hall–Kier alpha value is -0.930. The summed E-state index contributed by atoms with van der Waals surface area (Å²) >= 11 is 0. The van der Waals surface area contributed by atoms with Crippen LogP contribution in [0.25, 0.3) is 0 Å². The van der Waals surface area contributed by atoms with Crippen LogP contribution < -0.4 is 5.73 Å². The maximum absolute atomic E-state index is 5.70. The van der Waals surface area contributed by atoms with Crippen LogP contribution in [0.1, 0.15) is 26.5 Å². The highest BCUT2D eigenvalue weighted by Gasteiger charge is 2.16. The van der Waals surface area contributed by atoms with Crippen LogP contribution in [0.4, 0.5) is 0 Å². The summed E-state index contributed by atoms with van der Waals surface area (Å²) in [7, 11) is 0. The van der Waals surface area contributed by atoms with E-state index in [9.17, 15) is 0 Å². The maximum atomic E-state index is 5.70. The van der Waals surface area contributed by atoms with E-state index in [1.54, 1.807) is 0 Å². The minimum atomic E-state index is 0.395. The highest BCUT2D eigenvalue weighted by Crippen LogP contribution is 2.09. The molecule has 15 heavy (non-hydrogen) atoms. The molecular formula is C12H21N3. The summed E-state index contributed by atoms with van der Waals surface area (Å²) < 4.78 is 0. The largest absolute Gasteiger partial charge is 0.329 e. The third-order valence-electron chi connectivity index (χ3n) is 2.64. The Labute approximate surface area is 92.3 Å². The number of rotatable bonds is 5. The quantitative estimate of drug-likeness (QED) is 0.798. The van der Waals surface area contributed by atoms with Gasteiger partial charge in [0, 0.05) is 31.4 Å². The summed E-state index contributed by atoms with van der Waals surface area (Å²) in [4.78, 5) is 6.70. The van der Waals surface area contributed by atoms with Crippen molar-refractivity contribution in [1.82, 2.24) is 9.88 Å². The van der Waals surface area contributed by atoms with Gasteiger partial charge in [-0.1, -0.05) is 6.07 Å². The lowest BCUT2D eigenvalue weighted by atomic mass is 10.2. The molecule has 1 aromatic rings. The van der Waals surface area contributed by atoms with E-state index in [0.29, 0.717) is 18.6 Å². The van der Waals surface area contributed by atoms with Gasteiger partial charge < -0.3 is 5.73 Å². The molecule has 0 spiro atoms. The molecule has 3 heteroatoms. The van der Waals surface area contributed by atoms with Crippen molar-refractivity contribution in [2.45, 2.75) is 39.4 Å².